The lowest BCUT2D eigenvalue weighted by Gasteiger charge is -1.96. The molecule has 0 aliphatic rings. The Morgan fingerprint density at radius 3 is 3.08 bits per heavy atom. The van der Waals surface area contributed by atoms with Gasteiger partial charge in [0, 0.05) is 24.3 Å². The van der Waals surface area contributed by atoms with Crippen molar-refractivity contribution in [1.82, 2.24) is 10.3 Å². The summed E-state index contributed by atoms with van der Waals surface area (Å²) < 4.78 is 0. The number of aryl methyl sites for hydroxylation is 1. The van der Waals surface area contributed by atoms with Crippen LogP contribution in [-0.4, -0.2) is 17.4 Å². The van der Waals surface area contributed by atoms with Gasteiger partial charge in [-0.05, 0) is 6.92 Å². The number of rotatable bonds is 5. The Morgan fingerprint density at radius 1 is 1.62 bits per heavy atom. The van der Waals surface area contributed by atoms with Crippen molar-refractivity contribution in [3.05, 3.63) is 28.2 Å². The predicted molar refractivity (Wildman–Crippen MR) is 58.4 cm³/mol. The van der Waals surface area contributed by atoms with Crippen LogP contribution in [0.4, 0.5) is 0 Å². The Balaban J connectivity index is 2.16. The average molecular weight is 217 g/mol. The minimum atomic E-state index is 0.581. The number of thiazole rings is 1. The maximum absolute atomic E-state index is 5.48. The fourth-order valence-electron chi connectivity index (χ4n) is 0.919. The smallest absolute Gasteiger partial charge is 0.0897 e. The lowest BCUT2D eigenvalue weighted by atomic mass is 10.4. The van der Waals surface area contributed by atoms with Crippen LogP contribution in [0, 0.1) is 6.92 Å². The number of nitrogens with one attached hydrogen (secondary N) is 1. The molecule has 1 rings (SSSR count). The fourth-order valence-corrected chi connectivity index (χ4v) is 1.66. The molecule has 0 fully saturated rings. The Labute approximate surface area is 87.6 Å². The Morgan fingerprint density at radius 2 is 2.46 bits per heavy atom. The number of halogens is 1. The second-order valence-electron chi connectivity index (χ2n) is 2.61. The first kappa shape index (κ1) is 10.7. The zero-order valence-corrected chi connectivity index (χ0v) is 9.16. The van der Waals surface area contributed by atoms with Gasteiger partial charge in [-0.1, -0.05) is 12.2 Å². The molecule has 1 aromatic heterocycles. The van der Waals surface area contributed by atoms with Crippen LogP contribution in [0.25, 0.3) is 0 Å². The summed E-state index contributed by atoms with van der Waals surface area (Å²) >= 11 is 7.16. The molecule has 0 unspecified atom stereocenters. The van der Waals surface area contributed by atoms with Crippen LogP contribution in [-0.2, 0) is 6.54 Å². The zero-order valence-electron chi connectivity index (χ0n) is 7.59. The van der Waals surface area contributed by atoms with Crippen LogP contribution < -0.4 is 5.32 Å². The molecule has 0 amide bonds. The molecular weight excluding hydrogens is 204 g/mol. The lowest BCUT2D eigenvalue weighted by Crippen LogP contribution is -2.12. The molecule has 4 heteroatoms. The van der Waals surface area contributed by atoms with Gasteiger partial charge in [-0.15, -0.1) is 22.9 Å². The second-order valence-corrected chi connectivity index (χ2v) is 3.99. The first-order chi connectivity index (χ1) is 6.33. The van der Waals surface area contributed by atoms with Crippen molar-refractivity contribution in [3.63, 3.8) is 0 Å². The lowest BCUT2D eigenvalue weighted by molar-refractivity contribution is 0.743. The van der Waals surface area contributed by atoms with E-state index in [1.165, 1.54) is 0 Å². The molecule has 0 saturated carbocycles. The Bertz CT molecular complexity index is 270. The summed E-state index contributed by atoms with van der Waals surface area (Å²) in [5.41, 5.74) is 1.11. The van der Waals surface area contributed by atoms with Crippen molar-refractivity contribution in [2.45, 2.75) is 13.5 Å². The van der Waals surface area contributed by atoms with Gasteiger partial charge in [-0.25, -0.2) is 4.98 Å². The van der Waals surface area contributed by atoms with E-state index in [9.17, 15) is 0 Å². The maximum atomic E-state index is 5.48. The summed E-state index contributed by atoms with van der Waals surface area (Å²) in [6.45, 7) is 3.70. The molecule has 0 aliphatic heterocycles. The number of allylic oxidation sites excluding steroid dienone is 1. The van der Waals surface area contributed by atoms with Gasteiger partial charge >= 0.3 is 0 Å². The van der Waals surface area contributed by atoms with Crippen LogP contribution in [0.1, 0.15) is 10.7 Å². The second kappa shape index (κ2) is 6.13. The van der Waals surface area contributed by atoms with E-state index in [4.69, 9.17) is 11.6 Å². The SMILES string of the molecule is Cc1nc(CNC/C=C/CCl)cs1. The highest BCUT2D eigenvalue weighted by atomic mass is 35.5. The van der Waals surface area contributed by atoms with Gasteiger partial charge in [0.1, 0.15) is 0 Å². The van der Waals surface area contributed by atoms with Crippen LogP contribution in [0.3, 0.4) is 0 Å². The van der Waals surface area contributed by atoms with Crippen LogP contribution in [0.2, 0.25) is 0 Å². The Kier molecular flexibility index (Phi) is 5.05. The van der Waals surface area contributed by atoms with Gasteiger partial charge < -0.3 is 5.32 Å². The summed E-state index contributed by atoms with van der Waals surface area (Å²) in [4.78, 5) is 4.33. The van der Waals surface area contributed by atoms with Gasteiger partial charge in [0.05, 0.1) is 10.7 Å². The predicted octanol–water partition coefficient (Wildman–Crippen LogP) is 2.34. The molecular formula is C9H13ClN2S. The number of alkyl halides is 1. The summed E-state index contributed by atoms with van der Waals surface area (Å²) in [5.74, 6) is 0.581. The quantitative estimate of drug-likeness (QED) is 0.464. The van der Waals surface area contributed by atoms with E-state index < -0.39 is 0 Å². The number of hydrogen-bond donors (Lipinski definition) is 1. The molecule has 13 heavy (non-hydrogen) atoms. The van der Waals surface area contributed by atoms with E-state index in [1.54, 1.807) is 11.3 Å². The van der Waals surface area contributed by atoms with E-state index in [0.29, 0.717) is 5.88 Å². The first-order valence-corrected chi connectivity index (χ1v) is 5.57. The van der Waals surface area contributed by atoms with Crippen molar-refractivity contribution in [3.8, 4) is 0 Å². The third-order valence-corrected chi connectivity index (χ3v) is 2.49. The van der Waals surface area contributed by atoms with Gasteiger partial charge in [0.25, 0.3) is 0 Å². The molecule has 0 aliphatic carbocycles. The summed E-state index contributed by atoms with van der Waals surface area (Å²) in [7, 11) is 0. The van der Waals surface area contributed by atoms with Gasteiger partial charge in [0.15, 0.2) is 0 Å². The normalized spacial score (nSPS) is 11.2. The molecule has 1 aromatic rings. The van der Waals surface area contributed by atoms with Crippen molar-refractivity contribution >= 4 is 22.9 Å². The molecule has 0 saturated heterocycles. The molecule has 0 aromatic carbocycles. The highest BCUT2D eigenvalue weighted by Crippen LogP contribution is 2.06. The first-order valence-electron chi connectivity index (χ1n) is 4.15. The van der Waals surface area contributed by atoms with Crippen molar-refractivity contribution in [1.29, 1.82) is 0 Å². The molecule has 0 spiro atoms. The standard InChI is InChI=1S/C9H13ClN2S/c1-8-12-9(7-13-8)6-11-5-3-2-4-10/h2-3,7,11H,4-6H2,1H3/b3-2+. The van der Waals surface area contributed by atoms with E-state index in [1.807, 2.05) is 19.1 Å². The number of hydrogen-bond acceptors (Lipinski definition) is 3. The largest absolute Gasteiger partial charge is 0.308 e. The molecule has 72 valence electrons. The van der Waals surface area contributed by atoms with Crippen LogP contribution in [0.15, 0.2) is 17.5 Å². The topological polar surface area (TPSA) is 24.9 Å². The molecule has 0 bridgehead atoms. The van der Waals surface area contributed by atoms with E-state index in [-0.39, 0.29) is 0 Å². The van der Waals surface area contributed by atoms with Crippen LogP contribution >= 0.6 is 22.9 Å². The summed E-state index contributed by atoms with van der Waals surface area (Å²) in [6, 6.07) is 0. The number of nitrogens with zero attached hydrogens (tertiary/aromatic N) is 1. The van der Waals surface area contributed by atoms with Gasteiger partial charge in [0.2, 0.25) is 0 Å². The van der Waals surface area contributed by atoms with Crippen molar-refractivity contribution in [2.24, 2.45) is 0 Å². The van der Waals surface area contributed by atoms with Crippen molar-refractivity contribution in [2.75, 3.05) is 12.4 Å². The minimum Gasteiger partial charge on any atom is -0.308 e. The molecule has 0 radical (unpaired) electrons. The van der Waals surface area contributed by atoms with Crippen molar-refractivity contribution < 1.29 is 0 Å². The average Bonchev–Trinajstić information content (AvgIpc) is 2.51. The monoisotopic (exact) mass is 216 g/mol. The maximum Gasteiger partial charge on any atom is 0.0897 e. The van der Waals surface area contributed by atoms with E-state index in [2.05, 4.69) is 15.7 Å². The van der Waals surface area contributed by atoms with Gasteiger partial charge in [-0.3, -0.25) is 0 Å². The van der Waals surface area contributed by atoms with E-state index in [0.717, 1.165) is 23.8 Å². The van der Waals surface area contributed by atoms with Gasteiger partial charge in [-0.2, -0.15) is 0 Å². The fraction of sp³-hybridized carbons (Fsp3) is 0.444. The third-order valence-electron chi connectivity index (χ3n) is 1.49. The molecule has 1 heterocycles. The highest BCUT2D eigenvalue weighted by molar-refractivity contribution is 7.09. The summed E-state index contributed by atoms with van der Waals surface area (Å²) in [6.07, 6.45) is 3.95. The molecule has 1 N–H and O–H groups in total. The zero-order chi connectivity index (χ0) is 9.52. The Hall–Kier alpha value is -0.380. The third kappa shape index (κ3) is 4.41. The summed E-state index contributed by atoms with van der Waals surface area (Å²) in [5, 5.41) is 6.44. The van der Waals surface area contributed by atoms with E-state index >= 15 is 0 Å². The molecule has 0 atom stereocenters. The minimum absolute atomic E-state index is 0.581. The highest BCUT2D eigenvalue weighted by Gasteiger charge is 1.95. The molecule has 2 nitrogen and oxygen atoms in total. The number of aromatic nitrogens is 1. The van der Waals surface area contributed by atoms with Crippen LogP contribution in [0.5, 0.6) is 0 Å².